The van der Waals surface area contributed by atoms with Crippen LogP contribution in [0.25, 0.3) is 5.69 Å². The topological polar surface area (TPSA) is 99.2 Å². The Kier molecular flexibility index (Phi) is 3.38. The number of anilines is 1. The zero-order valence-corrected chi connectivity index (χ0v) is 12.0. The Bertz CT molecular complexity index is 682. The summed E-state index contributed by atoms with van der Waals surface area (Å²) in [7, 11) is 1.36. The van der Waals surface area contributed by atoms with Crippen molar-refractivity contribution >= 4 is 23.4 Å². The average molecular weight is 309 g/mol. The number of rotatable bonds is 2. The third kappa shape index (κ3) is 2.49. The van der Waals surface area contributed by atoms with Gasteiger partial charge >= 0.3 is 6.09 Å². The van der Waals surface area contributed by atoms with Crippen molar-refractivity contribution in [3.63, 3.8) is 0 Å². The monoisotopic (exact) mass is 308 g/mol. The molecule has 1 fully saturated rings. The van der Waals surface area contributed by atoms with Crippen LogP contribution in [0, 0.1) is 0 Å². The molecule has 0 bridgehead atoms. The first kappa shape index (κ1) is 13.6. The number of carbonyl (C=O) groups excluding carboxylic acids is 1. The molecule has 1 aromatic carbocycles. The Morgan fingerprint density at radius 3 is 2.90 bits per heavy atom. The summed E-state index contributed by atoms with van der Waals surface area (Å²) in [5.74, 6) is 0.658. The fourth-order valence-corrected chi connectivity index (χ4v) is 2.19. The van der Waals surface area contributed by atoms with Crippen LogP contribution in [-0.2, 0) is 4.74 Å². The molecule has 2 N–H and O–H groups in total. The number of tetrazole rings is 1. The van der Waals surface area contributed by atoms with Crippen molar-refractivity contribution in [1.82, 2.24) is 25.1 Å². The van der Waals surface area contributed by atoms with E-state index in [2.05, 4.69) is 20.1 Å². The zero-order chi connectivity index (χ0) is 15.0. The van der Waals surface area contributed by atoms with Crippen molar-refractivity contribution in [3.05, 3.63) is 29.0 Å². The molecule has 0 unspecified atom stereocenters. The second-order valence-electron chi connectivity index (χ2n) is 4.71. The molecule has 0 spiro atoms. The van der Waals surface area contributed by atoms with E-state index in [1.54, 1.807) is 23.1 Å². The number of hydrogen-bond donors (Lipinski definition) is 1. The van der Waals surface area contributed by atoms with E-state index in [0.29, 0.717) is 35.3 Å². The van der Waals surface area contributed by atoms with E-state index in [9.17, 15) is 4.79 Å². The minimum absolute atomic E-state index is 0.0718. The molecule has 2 aromatic rings. The van der Waals surface area contributed by atoms with Crippen molar-refractivity contribution in [2.24, 2.45) is 0 Å². The molecule has 110 valence electrons. The van der Waals surface area contributed by atoms with E-state index in [4.69, 9.17) is 17.3 Å². The van der Waals surface area contributed by atoms with Gasteiger partial charge in [0.15, 0.2) is 5.82 Å². The maximum atomic E-state index is 11.3. The molecule has 1 aromatic heterocycles. The quantitative estimate of drug-likeness (QED) is 0.833. The molecule has 1 aliphatic heterocycles. The summed E-state index contributed by atoms with van der Waals surface area (Å²) in [6.07, 6.45) is -0.343. The average Bonchev–Trinajstić information content (AvgIpc) is 2.89. The molecular weight excluding hydrogens is 296 g/mol. The molecule has 0 radical (unpaired) electrons. The highest BCUT2D eigenvalue weighted by Crippen LogP contribution is 2.25. The lowest BCUT2D eigenvalue weighted by Gasteiger charge is -2.35. The van der Waals surface area contributed by atoms with E-state index in [0.717, 1.165) is 0 Å². The summed E-state index contributed by atoms with van der Waals surface area (Å²) in [4.78, 5) is 14.2. The van der Waals surface area contributed by atoms with Gasteiger partial charge in [0, 0.05) is 13.1 Å². The fourth-order valence-electron chi connectivity index (χ4n) is 2.07. The van der Waals surface area contributed by atoms with E-state index >= 15 is 0 Å². The van der Waals surface area contributed by atoms with Gasteiger partial charge in [0.2, 0.25) is 0 Å². The lowest BCUT2D eigenvalue weighted by Crippen LogP contribution is -2.48. The van der Waals surface area contributed by atoms with Crippen LogP contribution in [0.2, 0.25) is 5.02 Å². The molecule has 21 heavy (non-hydrogen) atoms. The van der Waals surface area contributed by atoms with Gasteiger partial charge in [-0.1, -0.05) is 11.6 Å². The van der Waals surface area contributed by atoms with Gasteiger partial charge in [-0.3, -0.25) is 0 Å². The van der Waals surface area contributed by atoms with Crippen molar-refractivity contribution in [3.8, 4) is 5.69 Å². The van der Waals surface area contributed by atoms with Crippen LogP contribution >= 0.6 is 11.6 Å². The van der Waals surface area contributed by atoms with Crippen LogP contribution in [0.3, 0.4) is 0 Å². The predicted molar refractivity (Wildman–Crippen MR) is 75.3 cm³/mol. The molecule has 9 heteroatoms. The third-order valence-electron chi connectivity index (χ3n) is 3.32. The number of likely N-dealkylation sites (tertiary alicyclic amines) is 1. The number of nitrogens with two attached hydrogens (primary N) is 1. The van der Waals surface area contributed by atoms with Gasteiger partial charge < -0.3 is 15.4 Å². The number of benzene rings is 1. The Morgan fingerprint density at radius 2 is 2.24 bits per heavy atom. The van der Waals surface area contributed by atoms with Gasteiger partial charge in [-0.05, 0) is 23.4 Å². The number of methoxy groups -OCH3 is 1. The maximum Gasteiger partial charge on any atom is 0.409 e. The van der Waals surface area contributed by atoms with Crippen molar-refractivity contribution in [1.29, 1.82) is 0 Å². The SMILES string of the molecule is COC(=O)N1CC(c2nnn(-c3ccc(Cl)c(N)c3)n2)C1. The zero-order valence-electron chi connectivity index (χ0n) is 11.2. The van der Waals surface area contributed by atoms with Crippen molar-refractivity contribution < 1.29 is 9.53 Å². The first-order valence-corrected chi connectivity index (χ1v) is 6.64. The highest BCUT2D eigenvalue weighted by atomic mass is 35.5. The highest BCUT2D eigenvalue weighted by molar-refractivity contribution is 6.33. The summed E-state index contributed by atoms with van der Waals surface area (Å²) in [5.41, 5.74) is 6.88. The molecule has 1 amide bonds. The van der Waals surface area contributed by atoms with Crippen LogP contribution in [-0.4, -0.2) is 51.4 Å². The Hall–Kier alpha value is -2.35. The van der Waals surface area contributed by atoms with Gasteiger partial charge in [-0.15, -0.1) is 15.0 Å². The lowest BCUT2D eigenvalue weighted by atomic mass is 10.0. The number of halogens is 1. The summed E-state index contributed by atoms with van der Waals surface area (Å²) in [6.45, 7) is 1.06. The van der Waals surface area contributed by atoms with Gasteiger partial charge in [0.05, 0.1) is 29.4 Å². The highest BCUT2D eigenvalue weighted by Gasteiger charge is 2.35. The summed E-state index contributed by atoms with van der Waals surface area (Å²) in [5, 5.41) is 12.8. The number of ether oxygens (including phenoxy) is 1. The molecule has 1 saturated heterocycles. The molecule has 1 aliphatic rings. The van der Waals surface area contributed by atoms with Crippen LogP contribution in [0.4, 0.5) is 10.5 Å². The van der Waals surface area contributed by atoms with Crippen molar-refractivity contribution in [2.45, 2.75) is 5.92 Å². The standard InChI is InChI=1S/C12H13ClN6O2/c1-21-12(20)18-5-7(6-18)11-15-17-19(16-11)8-2-3-9(13)10(14)4-8/h2-4,7H,5-6,14H2,1H3. The van der Waals surface area contributed by atoms with Crippen LogP contribution in [0.15, 0.2) is 18.2 Å². The Labute approximate surface area is 125 Å². The van der Waals surface area contributed by atoms with E-state index in [1.165, 1.54) is 11.9 Å². The van der Waals surface area contributed by atoms with Crippen LogP contribution in [0.5, 0.6) is 0 Å². The molecule has 0 saturated carbocycles. The number of amides is 1. The molecule has 8 nitrogen and oxygen atoms in total. The first-order valence-electron chi connectivity index (χ1n) is 6.26. The number of hydrogen-bond acceptors (Lipinski definition) is 6. The maximum absolute atomic E-state index is 11.3. The van der Waals surface area contributed by atoms with Crippen LogP contribution < -0.4 is 5.73 Å². The molecule has 0 atom stereocenters. The number of nitrogen functional groups attached to an aromatic ring is 1. The Morgan fingerprint density at radius 1 is 1.48 bits per heavy atom. The fraction of sp³-hybridized carbons (Fsp3) is 0.333. The molecular formula is C12H13ClN6O2. The number of nitrogens with zero attached hydrogens (tertiary/aromatic N) is 5. The van der Waals surface area contributed by atoms with E-state index in [1.807, 2.05) is 0 Å². The minimum atomic E-state index is -0.343. The summed E-state index contributed by atoms with van der Waals surface area (Å²) < 4.78 is 4.64. The van der Waals surface area contributed by atoms with E-state index < -0.39 is 0 Å². The summed E-state index contributed by atoms with van der Waals surface area (Å²) >= 11 is 5.87. The normalized spacial score (nSPS) is 14.9. The van der Waals surface area contributed by atoms with Crippen molar-refractivity contribution in [2.75, 3.05) is 25.9 Å². The smallest absolute Gasteiger partial charge is 0.409 e. The van der Waals surface area contributed by atoms with Gasteiger partial charge in [-0.2, -0.15) is 0 Å². The predicted octanol–water partition coefficient (Wildman–Crippen LogP) is 1.06. The Balaban J connectivity index is 1.73. The van der Waals surface area contributed by atoms with Gasteiger partial charge in [0.1, 0.15) is 0 Å². The van der Waals surface area contributed by atoms with Gasteiger partial charge in [-0.25, -0.2) is 4.79 Å². The second kappa shape index (κ2) is 5.21. The van der Waals surface area contributed by atoms with Gasteiger partial charge in [0.25, 0.3) is 0 Å². The van der Waals surface area contributed by atoms with Crippen LogP contribution in [0.1, 0.15) is 11.7 Å². The molecule has 2 heterocycles. The summed E-state index contributed by atoms with van der Waals surface area (Å²) in [6, 6.07) is 5.11. The number of aromatic nitrogens is 4. The molecule has 0 aliphatic carbocycles. The third-order valence-corrected chi connectivity index (χ3v) is 3.66. The first-order chi connectivity index (χ1) is 10.1. The largest absolute Gasteiger partial charge is 0.453 e. The van der Waals surface area contributed by atoms with E-state index in [-0.39, 0.29) is 12.0 Å². The molecule has 3 rings (SSSR count). The minimum Gasteiger partial charge on any atom is -0.453 e. The lowest BCUT2D eigenvalue weighted by molar-refractivity contribution is 0.0863. The second-order valence-corrected chi connectivity index (χ2v) is 5.12. The number of carbonyl (C=O) groups is 1.